The number of amides is 1. The Bertz CT molecular complexity index is 865. The number of hydrogen-bond donors (Lipinski definition) is 2. The summed E-state index contributed by atoms with van der Waals surface area (Å²) in [7, 11) is 1.47. The fourth-order valence-electron chi connectivity index (χ4n) is 3.15. The molecule has 1 fully saturated rings. The van der Waals surface area contributed by atoms with Gasteiger partial charge in [0.25, 0.3) is 0 Å². The maximum Gasteiger partial charge on any atom is 0.416 e. The predicted octanol–water partition coefficient (Wildman–Crippen LogP) is 4.52. The Morgan fingerprint density at radius 2 is 1.88 bits per heavy atom. The third-order valence-electron chi connectivity index (χ3n) is 4.53. The molecule has 1 aliphatic heterocycles. The van der Waals surface area contributed by atoms with Gasteiger partial charge in [-0.3, -0.25) is 15.1 Å². The molecule has 26 heavy (non-hydrogen) atoms. The second-order valence-electron chi connectivity index (χ2n) is 6.22. The number of carbonyl (C=O) groups excluding carboxylic acids is 1. The summed E-state index contributed by atoms with van der Waals surface area (Å²) in [4.78, 5) is 14.9. The summed E-state index contributed by atoms with van der Waals surface area (Å²) in [5.41, 5.74) is -1.27. The maximum absolute atomic E-state index is 13.0. The van der Waals surface area contributed by atoms with Gasteiger partial charge >= 0.3 is 6.18 Å². The van der Waals surface area contributed by atoms with Gasteiger partial charge in [-0.05, 0) is 52.0 Å². The van der Waals surface area contributed by atoms with Crippen molar-refractivity contribution in [3.63, 3.8) is 0 Å². The molecular formula is C17H15BrF3N3OS. The number of hydrogen-bond acceptors (Lipinski definition) is 3. The maximum atomic E-state index is 13.0. The van der Waals surface area contributed by atoms with E-state index in [1.165, 1.54) is 35.4 Å². The quantitative estimate of drug-likeness (QED) is 0.713. The van der Waals surface area contributed by atoms with Crippen molar-refractivity contribution < 1.29 is 18.0 Å². The highest BCUT2D eigenvalue weighted by atomic mass is 79.9. The van der Waals surface area contributed by atoms with Crippen molar-refractivity contribution in [2.24, 2.45) is 0 Å². The van der Waals surface area contributed by atoms with E-state index in [4.69, 9.17) is 5.41 Å². The van der Waals surface area contributed by atoms with Gasteiger partial charge in [-0.15, -0.1) is 11.3 Å². The summed E-state index contributed by atoms with van der Waals surface area (Å²) >= 11 is 4.87. The van der Waals surface area contributed by atoms with Gasteiger partial charge < -0.3 is 5.32 Å². The summed E-state index contributed by atoms with van der Waals surface area (Å²) in [6.07, 6.45) is -4.44. The van der Waals surface area contributed by atoms with Crippen molar-refractivity contribution in [3.8, 4) is 0 Å². The van der Waals surface area contributed by atoms with E-state index in [-0.39, 0.29) is 11.9 Å². The first-order valence-corrected chi connectivity index (χ1v) is 9.28. The van der Waals surface area contributed by atoms with Crippen LogP contribution in [0.3, 0.4) is 0 Å². The van der Waals surface area contributed by atoms with E-state index in [2.05, 4.69) is 21.2 Å². The summed E-state index contributed by atoms with van der Waals surface area (Å²) in [6.45, 7) is 1.78. The van der Waals surface area contributed by atoms with E-state index in [0.29, 0.717) is 5.56 Å². The fraction of sp³-hybridized carbons (Fsp3) is 0.294. The minimum atomic E-state index is -4.44. The number of nitrogens with one attached hydrogen (secondary N) is 2. The van der Waals surface area contributed by atoms with Crippen molar-refractivity contribution in [3.05, 3.63) is 56.2 Å². The standard InChI is InChI=1S/C17H15BrF3N3OS/c1-16(13-11(18)7-8-26-13)12(14(25)24(2)15(22)23-16)9-3-5-10(6-4-9)17(19,20)21/h3-8,12H,1-2H3,(H2,22,23)/t12-,16-/m0/s1. The molecule has 1 aromatic heterocycles. The highest BCUT2D eigenvalue weighted by Gasteiger charge is 2.49. The van der Waals surface area contributed by atoms with Crippen LogP contribution in [0.25, 0.3) is 0 Å². The Hall–Kier alpha value is -1.87. The van der Waals surface area contributed by atoms with Crippen LogP contribution >= 0.6 is 27.3 Å². The topological polar surface area (TPSA) is 56.2 Å². The number of halogens is 4. The fourth-order valence-corrected chi connectivity index (χ4v) is 5.08. The molecule has 2 aromatic rings. The number of benzene rings is 1. The highest BCUT2D eigenvalue weighted by Crippen LogP contribution is 2.45. The lowest BCUT2D eigenvalue weighted by molar-refractivity contribution is -0.137. The lowest BCUT2D eigenvalue weighted by Crippen LogP contribution is -2.62. The van der Waals surface area contributed by atoms with Gasteiger partial charge in [-0.25, -0.2) is 0 Å². The Kier molecular flexibility index (Phi) is 4.64. The number of alkyl halides is 3. The van der Waals surface area contributed by atoms with Crippen molar-refractivity contribution in [2.75, 3.05) is 7.05 Å². The second kappa shape index (κ2) is 6.38. The van der Waals surface area contributed by atoms with Crippen molar-refractivity contribution in [1.29, 1.82) is 5.41 Å². The summed E-state index contributed by atoms with van der Waals surface area (Å²) in [5, 5.41) is 13.0. The molecule has 1 saturated heterocycles. The van der Waals surface area contributed by atoms with Gasteiger partial charge in [0, 0.05) is 16.4 Å². The third-order valence-corrected chi connectivity index (χ3v) is 6.60. The van der Waals surface area contributed by atoms with E-state index in [1.54, 1.807) is 6.92 Å². The Morgan fingerprint density at radius 1 is 1.27 bits per heavy atom. The van der Waals surface area contributed by atoms with Gasteiger partial charge in [0.2, 0.25) is 5.91 Å². The Balaban J connectivity index is 2.12. The van der Waals surface area contributed by atoms with Crippen LogP contribution in [0.5, 0.6) is 0 Å². The number of nitrogens with zero attached hydrogens (tertiary/aromatic N) is 1. The number of rotatable bonds is 2. The van der Waals surface area contributed by atoms with E-state index in [1.807, 2.05) is 11.4 Å². The smallest absolute Gasteiger partial charge is 0.345 e. The monoisotopic (exact) mass is 445 g/mol. The van der Waals surface area contributed by atoms with Crippen LogP contribution in [0.2, 0.25) is 0 Å². The van der Waals surface area contributed by atoms with Crippen LogP contribution in [0, 0.1) is 5.41 Å². The summed E-state index contributed by atoms with van der Waals surface area (Å²) in [5.74, 6) is -1.18. The molecule has 0 bridgehead atoms. The van der Waals surface area contributed by atoms with E-state index >= 15 is 0 Å². The molecule has 9 heteroatoms. The molecule has 0 saturated carbocycles. The molecule has 1 aliphatic rings. The first-order chi connectivity index (χ1) is 12.1. The first kappa shape index (κ1) is 18.9. The predicted molar refractivity (Wildman–Crippen MR) is 97.2 cm³/mol. The van der Waals surface area contributed by atoms with Crippen LogP contribution in [-0.2, 0) is 16.5 Å². The van der Waals surface area contributed by atoms with Crippen LogP contribution in [0.4, 0.5) is 13.2 Å². The molecular weight excluding hydrogens is 431 g/mol. The highest BCUT2D eigenvalue weighted by molar-refractivity contribution is 9.10. The number of likely N-dealkylation sites (N-methyl/N-ethyl adjacent to an activating group) is 1. The zero-order valence-electron chi connectivity index (χ0n) is 13.8. The molecule has 0 radical (unpaired) electrons. The molecule has 4 nitrogen and oxygen atoms in total. The van der Waals surface area contributed by atoms with E-state index in [0.717, 1.165) is 21.5 Å². The van der Waals surface area contributed by atoms with Crippen LogP contribution in [0.15, 0.2) is 40.2 Å². The molecule has 2 heterocycles. The van der Waals surface area contributed by atoms with Gasteiger partial charge in [-0.1, -0.05) is 12.1 Å². The molecule has 0 unspecified atom stereocenters. The molecule has 2 N–H and O–H groups in total. The van der Waals surface area contributed by atoms with Crippen molar-refractivity contribution >= 4 is 39.1 Å². The van der Waals surface area contributed by atoms with E-state index in [9.17, 15) is 18.0 Å². The number of carbonyl (C=O) groups is 1. The second-order valence-corrected chi connectivity index (χ2v) is 7.99. The average Bonchev–Trinajstić information content (AvgIpc) is 2.99. The number of thiophene rings is 1. The molecule has 0 aliphatic carbocycles. The molecule has 0 spiro atoms. The molecule has 1 amide bonds. The van der Waals surface area contributed by atoms with Gasteiger partial charge in [-0.2, -0.15) is 13.2 Å². The summed E-state index contributed by atoms with van der Waals surface area (Å²) < 4.78 is 39.4. The Labute approximate surface area is 160 Å². The van der Waals surface area contributed by atoms with Crippen LogP contribution in [-0.4, -0.2) is 23.8 Å². The van der Waals surface area contributed by atoms with Crippen LogP contribution in [0.1, 0.15) is 28.8 Å². The third kappa shape index (κ3) is 3.03. The lowest BCUT2D eigenvalue weighted by Gasteiger charge is -2.45. The van der Waals surface area contributed by atoms with Gasteiger partial charge in [0.05, 0.1) is 17.0 Å². The molecule has 2 atom stereocenters. The van der Waals surface area contributed by atoms with Crippen molar-refractivity contribution in [2.45, 2.75) is 24.6 Å². The molecule has 138 valence electrons. The lowest BCUT2D eigenvalue weighted by atomic mass is 9.77. The zero-order chi connectivity index (χ0) is 19.3. The minimum Gasteiger partial charge on any atom is -0.345 e. The van der Waals surface area contributed by atoms with Gasteiger partial charge in [0.15, 0.2) is 5.96 Å². The van der Waals surface area contributed by atoms with Gasteiger partial charge in [0.1, 0.15) is 0 Å². The number of guanidine groups is 1. The average molecular weight is 446 g/mol. The van der Waals surface area contributed by atoms with Crippen molar-refractivity contribution in [1.82, 2.24) is 10.2 Å². The van der Waals surface area contributed by atoms with Crippen LogP contribution < -0.4 is 5.32 Å². The largest absolute Gasteiger partial charge is 0.416 e. The normalized spacial score (nSPS) is 23.9. The Morgan fingerprint density at radius 3 is 2.38 bits per heavy atom. The first-order valence-electron chi connectivity index (χ1n) is 7.60. The SMILES string of the molecule is CN1C(=N)N[C@](C)(c2sccc2Br)[C@@H](c2ccc(C(F)(F)F)cc2)C1=O. The molecule has 1 aromatic carbocycles. The zero-order valence-corrected chi connectivity index (χ0v) is 16.2. The molecule has 3 rings (SSSR count). The summed E-state index contributed by atoms with van der Waals surface area (Å²) in [6, 6.07) is 6.45. The van der Waals surface area contributed by atoms with E-state index < -0.39 is 23.2 Å². The minimum absolute atomic E-state index is 0.0547.